The third kappa shape index (κ3) is 11.6. The smallest absolute Gasteiger partial charge is 0.104 e. The van der Waals surface area contributed by atoms with Crippen molar-refractivity contribution >= 4 is 0 Å². The molecule has 10 heteroatoms. The van der Waals surface area contributed by atoms with Crippen LogP contribution in [0.1, 0.15) is 0 Å². The van der Waals surface area contributed by atoms with Gasteiger partial charge >= 0.3 is 0 Å². The van der Waals surface area contributed by atoms with E-state index in [1.54, 1.807) is 0 Å². The molecule has 4 aliphatic rings. The molecule has 0 amide bonds. The molecule has 0 aromatic carbocycles. The highest BCUT2D eigenvalue weighted by Gasteiger charge is 2.26. The summed E-state index contributed by atoms with van der Waals surface area (Å²) in [6.07, 6.45) is 0.216. The van der Waals surface area contributed by atoms with Gasteiger partial charge in [-0.15, -0.1) is 0 Å². The van der Waals surface area contributed by atoms with Gasteiger partial charge < -0.3 is 48.1 Å². The van der Waals surface area contributed by atoms with Crippen molar-refractivity contribution in [2.75, 3.05) is 79.3 Å². The Bertz CT molecular complexity index is 391. The van der Waals surface area contributed by atoms with Crippen LogP contribution in [0.15, 0.2) is 0 Å². The summed E-state index contributed by atoms with van der Waals surface area (Å²) in [6, 6.07) is 0. The van der Waals surface area contributed by atoms with Crippen molar-refractivity contribution in [3.63, 3.8) is 0 Å². The fourth-order valence-electron chi connectivity index (χ4n) is 2.10. The first-order valence-corrected chi connectivity index (χ1v) is 9.83. The highest BCUT2D eigenvalue weighted by molar-refractivity contribution is 4.71. The lowest BCUT2D eigenvalue weighted by atomic mass is 10.4. The van der Waals surface area contributed by atoms with Gasteiger partial charge in [-0.3, -0.25) is 0 Å². The van der Waals surface area contributed by atoms with E-state index < -0.39 is 6.10 Å². The maximum atomic E-state index is 9.38. The van der Waals surface area contributed by atoms with Gasteiger partial charge in [-0.25, -0.2) is 0 Å². The minimum Gasteiger partial charge on any atom is -0.394 e. The van der Waals surface area contributed by atoms with Crippen LogP contribution < -0.4 is 0 Å². The fourth-order valence-corrected chi connectivity index (χ4v) is 2.10. The van der Waals surface area contributed by atoms with Gasteiger partial charge in [-0.05, 0) is 0 Å². The lowest BCUT2D eigenvalue weighted by Crippen LogP contribution is -2.26. The van der Waals surface area contributed by atoms with E-state index >= 15 is 0 Å². The average Bonchev–Trinajstić information content (AvgIpc) is 3.54. The van der Waals surface area contributed by atoms with Crippen LogP contribution in [-0.2, 0) is 37.9 Å². The van der Waals surface area contributed by atoms with Gasteiger partial charge in [0.2, 0.25) is 0 Å². The highest BCUT2D eigenvalue weighted by atomic mass is 16.6. The maximum absolute atomic E-state index is 9.38. The Morgan fingerprint density at radius 1 is 0.679 bits per heavy atom. The second-order valence-electron chi connectivity index (χ2n) is 7.23. The van der Waals surface area contributed by atoms with Gasteiger partial charge in [0.05, 0.1) is 79.3 Å². The van der Waals surface area contributed by atoms with Crippen LogP contribution in [0.5, 0.6) is 0 Å². The number of ether oxygens (including phenoxy) is 8. The van der Waals surface area contributed by atoms with Gasteiger partial charge in [0, 0.05) is 0 Å². The molecule has 0 aromatic rings. The Kier molecular flexibility index (Phi) is 9.82. The molecular formula is C18H32O10. The lowest BCUT2D eigenvalue weighted by Gasteiger charge is -2.14. The zero-order valence-electron chi connectivity index (χ0n) is 16.1. The molecule has 4 aliphatic heterocycles. The number of epoxide rings is 4. The molecule has 0 radical (unpaired) electrons. The lowest BCUT2D eigenvalue weighted by molar-refractivity contribution is -0.0481. The number of aliphatic hydroxyl groups excluding tert-OH is 2. The first-order chi connectivity index (χ1) is 13.7. The van der Waals surface area contributed by atoms with E-state index in [9.17, 15) is 5.11 Å². The summed E-state index contributed by atoms with van der Waals surface area (Å²) in [7, 11) is 0. The standard InChI is InChI=1S/2C9H16O5/c10-7(1-11-3-8-5-13-8)2-12-4-9-6-14-9;10-1-7(12-5-9-6-14-9)2-11-3-8-4-13-8/h2*7-10H,1-6H2. The molecular weight excluding hydrogens is 376 g/mol. The van der Waals surface area contributed by atoms with Crippen molar-refractivity contribution in [2.45, 2.75) is 36.6 Å². The molecule has 0 spiro atoms. The summed E-state index contributed by atoms with van der Waals surface area (Å²) in [4.78, 5) is 0. The van der Waals surface area contributed by atoms with Crippen molar-refractivity contribution in [3.05, 3.63) is 0 Å². The van der Waals surface area contributed by atoms with E-state index in [1.807, 2.05) is 0 Å². The second-order valence-corrected chi connectivity index (χ2v) is 7.23. The van der Waals surface area contributed by atoms with E-state index in [1.165, 1.54) is 0 Å². The van der Waals surface area contributed by atoms with E-state index in [2.05, 4.69) is 0 Å². The zero-order valence-corrected chi connectivity index (χ0v) is 16.1. The summed E-state index contributed by atoms with van der Waals surface area (Å²) < 4.78 is 41.0. The molecule has 4 heterocycles. The third-order valence-electron chi connectivity index (χ3n) is 4.17. The summed E-state index contributed by atoms with van der Waals surface area (Å²) in [6.45, 7) is 6.45. The predicted octanol–water partition coefficient (Wildman–Crippen LogP) is -1.64. The van der Waals surface area contributed by atoms with Gasteiger partial charge in [0.1, 0.15) is 36.6 Å². The Hall–Kier alpha value is -0.400. The van der Waals surface area contributed by atoms with Crippen molar-refractivity contribution in [3.8, 4) is 0 Å². The molecule has 164 valence electrons. The molecule has 0 bridgehead atoms. The topological polar surface area (TPSA) is 128 Å². The van der Waals surface area contributed by atoms with Crippen LogP contribution in [0, 0.1) is 0 Å². The molecule has 5 atom stereocenters. The first kappa shape index (κ1) is 22.3. The van der Waals surface area contributed by atoms with Crippen molar-refractivity contribution in [1.29, 1.82) is 0 Å². The minimum absolute atomic E-state index is 0.0156. The van der Waals surface area contributed by atoms with Crippen LogP contribution in [0.25, 0.3) is 0 Å². The maximum Gasteiger partial charge on any atom is 0.104 e. The molecule has 4 rings (SSSR count). The Balaban J connectivity index is 0.000000161. The minimum atomic E-state index is -0.549. The van der Waals surface area contributed by atoms with E-state index in [0.29, 0.717) is 46.2 Å². The molecule has 10 nitrogen and oxygen atoms in total. The summed E-state index contributed by atoms with van der Waals surface area (Å²) >= 11 is 0. The van der Waals surface area contributed by atoms with E-state index in [-0.39, 0.29) is 37.1 Å². The number of rotatable bonds is 16. The Labute approximate surface area is 164 Å². The zero-order chi connectivity index (χ0) is 19.6. The van der Waals surface area contributed by atoms with Gasteiger partial charge in [-0.2, -0.15) is 0 Å². The number of aliphatic hydroxyl groups is 2. The summed E-state index contributed by atoms with van der Waals surface area (Å²) in [5.41, 5.74) is 0. The van der Waals surface area contributed by atoms with Crippen LogP contribution >= 0.6 is 0 Å². The van der Waals surface area contributed by atoms with E-state index in [4.69, 9.17) is 43.0 Å². The normalized spacial score (nSPS) is 31.5. The van der Waals surface area contributed by atoms with Gasteiger partial charge in [0.15, 0.2) is 0 Å². The largest absolute Gasteiger partial charge is 0.394 e. The van der Waals surface area contributed by atoms with Crippen LogP contribution in [0.3, 0.4) is 0 Å². The molecule has 0 saturated carbocycles. The van der Waals surface area contributed by atoms with Gasteiger partial charge in [-0.1, -0.05) is 0 Å². The fraction of sp³-hybridized carbons (Fsp3) is 1.00. The second kappa shape index (κ2) is 12.3. The molecule has 4 fully saturated rings. The number of hydrogen-bond donors (Lipinski definition) is 2. The first-order valence-electron chi connectivity index (χ1n) is 9.83. The van der Waals surface area contributed by atoms with E-state index in [0.717, 1.165) is 26.4 Å². The van der Waals surface area contributed by atoms with Gasteiger partial charge in [0.25, 0.3) is 0 Å². The third-order valence-corrected chi connectivity index (χ3v) is 4.17. The molecule has 5 unspecified atom stereocenters. The molecule has 0 aliphatic carbocycles. The van der Waals surface area contributed by atoms with Crippen LogP contribution in [-0.4, -0.2) is 126 Å². The molecule has 0 aromatic heterocycles. The van der Waals surface area contributed by atoms with Crippen molar-refractivity contribution in [1.82, 2.24) is 0 Å². The predicted molar refractivity (Wildman–Crippen MR) is 94.2 cm³/mol. The summed E-state index contributed by atoms with van der Waals surface area (Å²) in [5, 5.41) is 18.3. The highest BCUT2D eigenvalue weighted by Crippen LogP contribution is 2.12. The quantitative estimate of drug-likeness (QED) is 0.287. The molecule has 4 saturated heterocycles. The molecule has 2 N–H and O–H groups in total. The molecule has 28 heavy (non-hydrogen) atoms. The summed E-state index contributed by atoms with van der Waals surface area (Å²) in [5.74, 6) is 0. The van der Waals surface area contributed by atoms with Crippen molar-refractivity contribution < 1.29 is 48.1 Å². The average molecular weight is 408 g/mol. The number of hydrogen-bond acceptors (Lipinski definition) is 10. The Morgan fingerprint density at radius 2 is 1.07 bits per heavy atom. The SMILES string of the molecule is OC(COCC1CO1)COCC1CO1.OCC(COCC1CO1)OCC1CO1. The van der Waals surface area contributed by atoms with Crippen molar-refractivity contribution in [2.24, 2.45) is 0 Å². The monoisotopic (exact) mass is 408 g/mol. The Morgan fingerprint density at radius 3 is 1.46 bits per heavy atom. The van der Waals surface area contributed by atoms with Crippen LogP contribution in [0.2, 0.25) is 0 Å². The van der Waals surface area contributed by atoms with Crippen LogP contribution in [0.4, 0.5) is 0 Å².